The number of likely N-dealkylation sites (tertiary alicyclic amines) is 1. The molecule has 9 heteroatoms. The molecule has 3 aliphatic rings. The van der Waals surface area contributed by atoms with Crippen LogP contribution in [0.25, 0.3) is 0 Å². The molecule has 2 aromatic carbocycles. The molecule has 3 amide bonds. The van der Waals surface area contributed by atoms with Gasteiger partial charge < -0.3 is 25.0 Å². The van der Waals surface area contributed by atoms with Gasteiger partial charge in [-0.3, -0.25) is 14.4 Å². The standard InChI is InChI=1S/C26H26FN3O5/c1-34-14-13-30-22(24(32)28-15-16-7-3-2-4-8-16)26-12-11-19(35-26)20(21(26)25(30)33)23(31)29-18-10-6-5-9-17(18)27/h2-12,19-22H,13-15H2,1H3,(H,28,32)(H,29,31). The molecule has 0 saturated carbocycles. The molecule has 2 aromatic rings. The van der Waals surface area contributed by atoms with Crippen LogP contribution < -0.4 is 10.6 Å². The smallest absolute Gasteiger partial charge is 0.246 e. The molecule has 2 bridgehead atoms. The predicted molar refractivity (Wildman–Crippen MR) is 124 cm³/mol. The molecule has 35 heavy (non-hydrogen) atoms. The first-order valence-corrected chi connectivity index (χ1v) is 11.5. The summed E-state index contributed by atoms with van der Waals surface area (Å²) < 4.78 is 25.6. The highest BCUT2D eigenvalue weighted by atomic mass is 19.1. The number of nitrogens with one attached hydrogen (secondary N) is 2. The van der Waals surface area contributed by atoms with Crippen molar-refractivity contribution < 1.29 is 28.2 Å². The fraction of sp³-hybridized carbons (Fsp3) is 0.346. The molecule has 3 heterocycles. The molecule has 8 nitrogen and oxygen atoms in total. The second-order valence-electron chi connectivity index (χ2n) is 8.90. The van der Waals surface area contributed by atoms with Gasteiger partial charge in [0.25, 0.3) is 0 Å². The number of rotatable bonds is 8. The maximum Gasteiger partial charge on any atom is 0.246 e. The SMILES string of the molecule is COCCN1C(=O)C2C(C(=O)Nc3ccccc3F)C3C=CC2(O3)C1C(=O)NCc1ccccc1. The lowest BCUT2D eigenvalue weighted by atomic mass is 9.74. The summed E-state index contributed by atoms with van der Waals surface area (Å²) in [6.45, 7) is 0.671. The van der Waals surface area contributed by atoms with Crippen molar-refractivity contribution >= 4 is 23.4 Å². The molecule has 0 aromatic heterocycles. The molecule has 2 fully saturated rings. The molecule has 3 aliphatic heterocycles. The molecule has 2 saturated heterocycles. The lowest BCUT2D eigenvalue weighted by molar-refractivity contribution is -0.141. The van der Waals surface area contributed by atoms with Gasteiger partial charge in [0.2, 0.25) is 17.7 Å². The highest BCUT2D eigenvalue weighted by molar-refractivity contribution is 6.02. The van der Waals surface area contributed by atoms with Crippen LogP contribution in [-0.2, 0) is 30.4 Å². The van der Waals surface area contributed by atoms with Crippen LogP contribution >= 0.6 is 0 Å². The van der Waals surface area contributed by atoms with Gasteiger partial charge in [0.05, 0.1) is 30.2 Å². The van der Waals surface area contributed by atoms with Gasteiger partial charge in [-0.2, -0.15) is 0 Å². The van der Waals surface area contributed by atoms with Crippen molar-refractivity contribution in [3.63, 3.8) is 0 Å². The van der Waals surface area contributed by atoms with E-state index in [1.54, 1.807) is 18.2 Å². The lowest BCUT2D eigenvalue weighted by Crippen LogP contribution is -2.55. The number of hydrogen-bond acceptors (Lipinski definition) is 5. The number of fused-ring (bicyclic) bond motifs is 1. The lowest BCUT2D eigenvalue weighted by Gasteiger charge is -2.32. The Hall–Kier alpha value is -3.56. The zero-order valence-electron chi connectivity index (χ0n) is 19.1. The average Bonchev–Trinajstić information content (AvgIpc) is 3.50. The summed E-state index contributed by atoms with van der Waals surface area (Å²) in [6.07, 6.45) is 2.75. The largest absolute Gasteiger partial charge is 0.383 e. The van der Waals surface area contributed by atoms with Gasteiger partial charge in [0, 0.05) is 20.2 Å². The third-order valence-electron chi connectivity index (χ3n) is 6.90. The van der Waals surface area contributed by atoms with Gasteiger partial charge in [-0.25, -0.2) is 4.39 Å². The minimum Gasteiger partial charge on any atom is -0.383 e. The van der Waals surface area contributed by atoms with Crippen LogP contribution in [0.4, 0.5) is 10.1 Å². The van der Waals surface area contributed by atoms with Crippen LogP contribution in [0.5, 0.6) is 0 Å². The summed E-state index contributed by atoms with van der Waals surface area (Å²) in [5.74, 6) is -3.64. The van der Waals surface area contributed by atoms with Crippen LogP contribution in [-0.4, -0.2) is 60.6 Å². The first-order chi connectivity index (χ1) is 17.0. The van der Waals surface area contributed by atoms with Crippen LogP contribution in [0.15, 0.2) is 66.7 Å². The van der Waals surface area contributed by atoms with E-state index in [1.165, 1.54) is 30.2 Å². The third-order valence-corrected chi connectivity index (χ3v) is 6.90. The van der Waals surface area contributed by atoms with Gasteiger partial charge in [0.1, 0.15) is 17.5 Å². The molecular formula is C26H26FN3O5. The summed E-state index contributed by atoms with van der Waals surface area (Å²) in [5, 5.41) is 5.50. The Balaban J connectivity index is 1.42. The molecule has 182 valence electrons. The number of carbonyl (C=O) groups excluding carboxylic acids is 3. The Morgan fingerprint density at radius 2 is 1.86 bits per heavy atom. The Morgan fingerprint density at radius 1 is 1.11 bits per heavy atom. The van der Waals surface area contributed by atoms with Crippen LogP contribution in [0.1, 0.15) is 5.56 Å². The highest BCUT2D eigenvalue weighted by Gasteiger charge is 2.72. The van der Waals surface area contributed by atoms with E-state index in [9.17, 15) is 18.8 Å². The van der Waals surface area contributed by atoms with Gasteiger partial charge in [-0.05, 0) is 17.7 Å². The molecule has 1 spiro atoms. The predicted octanol–water partition coefficient (Wildman–Crippen LogP) is 1.88. The van der Waals surface area contributed by atoms with Crippen molar-refractivity contribution in [3.8, 4) is 0 Å². The zero-order chi connectivity index (χ0) is 24.6. The minimum atomic E-state index is -1.28. The number of hydrogen-bond donors (Lipinski definition) is 2. The number of halogens is 1. The van der Waals surface area contributed by atoms with Gasteiger partial charge in [-0.1, -0.05) is 54.6 Å². The van der Waals surface area contributed by atoms with E-state index in [-0.39, 0.29) is 37.2 Å². The molecule has 0 radical (unpaired) electrons. The van der Waals surface area contributed by atoms with Gasteiger partial charge in [-0.15, -0.1) is 0 Å². The van der Waals surface area contributed by atoms with E-state index in [0.717, 1.165) is 5.56 Å². The zero-order valence-corrected chi connectivity index (χ0v) is 19.1. The second kappa shape index (κ2) is 9.24. The summed E-state index contributed by atoms with van der Waals surface area (Å²) >= 11 is 0. The van der Waals surface area contributed by atoms with E-state index in [2.05, 4.69) is 10.6 Å². The number of methoxy groups -OCH3 is 1. The number of nitrogens with zero attached hydrogens (tertiary/aromatic N) is 1. The molecule has 0 aliphatic carbocycles. The summed E-state index contributed by atoms with van der Waals surface area (Å²) in [4.78, 5) is 41.8. The van der Waals surface area contributed by atoms with Gasteiger partial charge >= 0.3 is 0 Å². The van der Waals surface area contributed by atoms with Crippen LogP contribution in [0.3, 0.4) is 0 Å². The molecule has 5 atom stereocenters. The van der Waals surface area contributed by atoms with E-state index in [4.69, 9.17) is 9.47 Å². The maximum absolute atomic E-state index is 14.2. The Morgan fingerprint density at radius 3 is 2.60 bits per heavy atom. The fourth-order valence-corrected chi connectivity index (χ4v) is 5.36. The molecule has 5 unspecified atom stereocenters. The van der Waals surface area contributed by atoms with Crippen LogP contribution in [0, 0.1) is 17.7 Å². The monoisotopic (exact) mass is 479 g/mol. The topological polar surface area (TPSA) is 97.0 Å². The third kappa shape index (κ3) is 3.90. The second-order valence-corrected chi connectivity index (χ2v) is 8.90. The molecule has 2 N–H and O–H groups in total. The number of benzene rings is 2. The first kappa shape index (κ1) is 23.2. The van der Waals surface area contributed by atoms with Crippen molar-refractivity contribution in [3.05, 3.63) is 78.1 Å². The average molecular weight is 480 g/mol. The van der Waals surface area contributed by atoms with Crippen molar-refractivity contribution in [2.75, 3.05) is 25.6 Å². The Bertz CT molecular complexity index is 1170. The van der Waals surface area contributed by atoms with E-state index >= 15 is 0 Å². The maximum atomic E-state index is 14.2. The number of anilines is 1. The molecule has 5 rings (SSSR count). The van der Waals surface area contributed by atoms with Crippen molar-refractivity contribution in [1.29, 1.82) is 0 Å². The number of carbonyl (C=O) groups is 3. The summed E-state index contributed by atoms with van der Waals surface area (Å²) in [7, 11) is 1.51. The highest BCUT2D eigenvalue weighted by Crippen LogP contribution is 2.55. The quantitative estimate of drug-likeness (QED) is 0.564. The van der Waals surface area contributed by atoms with Crippen LogP contribution in [0.2, 0.25) is 0 Å². The molecular weight excluding hydrogens is 453 g/mol. The van der Waals surface area contributed by atoms with Crippen molar-refractivity contribution in [1.82, 2.24) is 10.2 Å². The summed E-state index contributed by atoms with van der Waals surface area (Å²) in [5.41, 5.74) is -0.345. The normalized spacial score (nSPS) is 28.3. The Kier molecular flexibility index (Phi) is 6.12. The van der Waals surface area contributed by atoms with Crippen molar-refractivity contribution in [2.45, 2.75) is 24.3 Å². The number of ether oxygens (including phenoxy) is 2. The number of amides is 3. The van der Waals surface area contributed by atoms with Gasteiger partial charge in [0.15, 0.2) is 0 Å². The fourth-order valence-electron chi connectivity index (χ4n) is 5.36. The minimum absolute atomic E-state index is 0.0251. The van der Waals surface area contributed by atoms with E-state index < -0.39 is 41.3 Å². The Labute approximate surface area is 202 Å². The van der Waals surface area contributed by atoms with Crippen molar-refractivity contribution in [2.24, 2.45) is 11.8 Å². The number of para-hydroxylation sites is 1. The first-order valence-electron chi connectivity index (χ1n) is 11.5. The van der Waals surface area contributed by atoms with E-state index in [0.29, 0.717) is 0 Å². The van der Waals surface area contributed by atoms with E-state index in [1.807, 2.05) is 30.3 Å². The summed E-state index contributed by atoms with van der Waals surface area (Å²) in [6, 6.07) is 14.3.